The molecule has 0 aliphatic carbocycles. The highest BCUT2D eigenvalue weighted by atomic mass is 32.1. The van der Waals surface area contributed by atoms with Gasteiger partial charge < -0.3 is 10.1 Å². The highest BCUT2D eigenvalue weighted by Crippen LogP contribution is 2.30. The second-order valence-electron chi connectivity index (χ2n) is 5.22. The van der Waals surface area contributed by atoms with Crippen LogP contribution in [0, 0.1) is 11.3 Å². The topological polar surface area (TPSA) is 92.8 Å². The van der Waals surface area contributed by atoms with Crippen molar-refractivity contribution >= 4 is 23.0 Å². The number of nitrogens with one attached hydrogen (secondary N) is 1. The van der Waals surface area contributed by atoms with E-state index in [1.54, 1.807) is 31.5 Å². The second-order valence-corrected chi connectivity index (χ2v) is 6.15. The molecule has 1 N–H and O–H groups in total. The Kier molecular flexibility index (Phi) is 6.41. The zero-order valence-electron chi connectivity index (χ0n) is 14.4. The third kappa shape index (κ3) is 4.23. The Balaban J connectivity index is 2.59. The van der Waals surface area contributed by atoms with Gasteiger partial charge in [0.1, 0.15) is 16.8 Å². The van der Waals surface area contributed by atoms with Gasteiger partial charge in [0.15, 0.2) is 5.57 Å². The number of esters is 1. The molecule has 1 unspecified atom stereocenters. The van der Waals surface area contributed by atoms with Crippen LogP contribution in [0.3, 0.4) is 0 Å². The summed E-state index contributed by atoms with van der Waals surface area (Å²) in [5, 5.41) is 18.6. The lowest BCUT2D eigenvalue weighted by Gasteiger charge is -2.17. The van der Waals surface area contributed by atoms with Crippen LogP contribution in [0.2, 0.25) is 0 Å². The van der Waals surface area contributed by atoms with E-state index in [1.165, 1.54) is 29.3 Å². The number of carbonyl (C=O) groups excluding carboxylic acids is 1. The third-order valence-corrected chi connectivity index (χ3v) is 4.32. The Bertz CT molecular complexity index is 839. The van der Waals surface area contributed by atoms with Crippen LogP contribution in [0.5, 0.6) is 0 Å². The normalized spacial score (nSPS) is 13.1. The van der Waals surface area contributed by atoms with Gasteiger partial charge in [-0.2, -0.15) is 10.4 Å². The third-order valence-electron chi connectivity index (χ3n) is 3.36. The number of ether oxygens (including phenoxy) is 1. The largest absolute Gasteiger partial charge is 0.462 e. The van der Waals surface area contributed by atoms with Crippen molar-refractivity contribution in [2.75, 3.05) is 6.61 Å². The van der Waals surface area contributed by atoms with Crippen LogP contribution in [0.15, 0.2) is 23.3 Å². The summed E-state index contributed by atoms with van der Waals surface area (Å²) in [6.07, 6.45) is 0.0576. The second kappa shape index (κ2) is 8.53. The summed E-state index contributed by atoms with van der Waals surface area (Å²) in [7, 11) is 1.48. The van der Waals surface area contributed by atoms with Crippen molar-refractivity contribution in [2.45, 2.75) is 26.3 Å². The number of nitrogens with zero attached hydrogens (tertiary/aromatic N) is 4. The van der Waals surface area contributed by atoms with E-state index in [2.05, 4.69) is 15.4 Å². The van der Waals surface area contributed by atoms with E-state index in [-0.39, 0.29) is 17.9 Å². The summed E-state index contributed by atoms with van der Waals surface area (Å²) >= 11 is 1.36. The van der Waals surface area contributed by atoms with Crippen molar-refractivity contribution in [3.8, 4) is 6.07 Å². The van der Waals surface area contributed by atoms with Crippen molar-refractivity contribution in [2.24, 2.45) is 7.05 Å². The summed E-state index contributed by atoms with van der Waals surface area (Å²) in [6, 6.07) is 1.33. The molecule has 0 spiro atoms. The fraction of sp³-hybridized carbons (Fsp3) is 0.375. The molecule has 7 nitrogen and oxygen atoms in total. The number of thiazole rings is 1. The molecule has 0 aliphatic rings. The Hall–Kier alpha value is -2.80. The van der Waals surface area contributed by atoms with Crippen molar-refractivity contribution < 1.29 is 18.3 Å². The van der Waals surface area contributed by atoms with Crippen LogP contribution in [-0.4, -0.2) is 27.3 Å². The molecule has 0 radical (unpaired) electrons. The zero-order valence-corrected chi connectivity index (χ0v) is 15.2. The molecule has 1 atom stereocenters. The molecule has 0 fully saturated rings. The van der Waals surface area contributed by atoms with Gasteiger partial charge in [0, 0.05) is 30.4 Å². The smallest absolute Gasteiger partial charge is 0.351 e. The SMILES string of the molecule is CCOC(=O)C(C#N)=C(NC(C)c1nccs1)c1cn(C)nc1C(F)F. The predicted molar refractivity (Wildman–Crippen MR) is 91.0 cm³/mol. The maximum Gasteiger partial charge on any atom is 0.351 e. The Morgan fingerprint density at radius 3 is 2.81 bits per heavy atom. The molecule has 2 heterocycles. The van der Waals surface area contributed by atoms with Crippen molar-refractivity contribution in [3.05, 3.63) is 39.6 Å². The Morgan fingerprint density at radius 2 is 2.27 bits per heavy atom. The summed E-state index contributed by atoms with van der Waals surface area (Å²) in [4.78, 5) is 16.3. The average molecular weight is 381 g/mol. The van der Waals surface area contributed by atoms with Crippen LogP contribution in [0.25, 0.3) is 5.70 Å². The first kappa shape index (κ1) is 19.5. The number of rotatable bonds is 7. The fourth-order valence-corrected chi connectivity index (χ4v) is 2.92. The van der Waals surface area contributed by atoms with E-state index >= 15 is 0 Å². The van der Waals surface area contributed by atoms with Crippen LogP contribution in [0.1, 0.15) is 42.6 Å². The summed E-state index contributed by atoms with van der Waals surface area (Å²) in [5.41, 5.74) is -1.02. The molecule has 138 valence electrons. The van der Waals surface area contributed by atoms with Gasteiger partial charge in [-0.25, -0.2) is 18.6 Å². The highest BCUT2D eigenvalue weighted by molar-refractivity contribution is 7.09. The van der Waals surface area contributed by atoms with Gasteiger partial charge in [-0.1, -0.05) is 0 Å². The number of hydrogen-bond acceptors (Lipinski definition) is 7. The van der Waals surface area contributed by atoms with Crippen LogP contribution in [-0.2, 0) is 16.6 Å². The quantitative estimate of drug-likeness (QED) is 0.450. The average Bonchev–Trinajstić information content (AvgIpc) is 3.24. The van der Waals surface area contributed by atoms with Gasteiger partial charge in [0.2, 0.25) is 0 Å². The lowest BCUT2D eigenvalue weighted by molar-refractivity contribution is -0.137. The van der Waals surface area contributed by atoms with Gasteiger partial charge in [-0.15, -0.1) is 11.3 Å². The first-order valence-electron chi connectivity index (χ1n) is 7.68. The van der Waals surface area contributed by atoms with Gasteiger partial charge in [-0.05, 0) is 13.8 Å². The van der Waals surface area contributed by atoms with Crippen molar-refractivity contribution in [1.82, 2.24) is 20.1 Å². The number of hydrogen-bond donors (Lipinski definition) is 1. The number of aryl methyl sites for hydroxylation is 1. The van der Waals surface area contributed by atoms with Gasteiger partial charge in [0.05, 0.1) is 18.3 Å². The minimum atomic E-state index is -2.87. The van der Waals surface area contributed by atoms with E-state index in [0.29, 0.717) is 5.01 Å². The lowest BCUT2D eigenvalue weighted by Crippen LogP contribution is -2.22. The van der Waals surface area contributed by atoms with Crippen LogP contribution in [0.4, 0.5) is 8.78 Å². The van der Waals surface area contributed by atoms with Crippen LogP contribution < -0.4 is 5.32 Å². The molecule has 0 bridgehead atoms. The number of aromatic nitrogens is 3. The molecule has 26 heavy (non-hydrogen) atoms. The summed E-state index contributed by atoms with van der Waals surface area (Å²) in [6.45, 7) is 3.39. The summed E-state index contributed by atoms with van der Waals surface area (Å²) in [5.74, 6) is -0.895. The van der Waals surface area contributed by atoms with Gasteiger partial charge in [-0.3, -0.25) is 4.68 Å². The maximum absolute atomic E-state index is 13.4. The lowest BCUT2D eigenvalue weighted by atomic mass is 10.1. The van der Waals surface area contributed by atoms with E-state index in [0.717, 1.165) is 0 Å². The molecule has 2 aromatic rings. The van der Waals surface area contributed by atoms with E-state index in [4.69, 9.17) is 4.74 Å². The van der Waals surface area contributed by atoms with Gasteiger partial charge in [0.25, 0.3) is 6.43 Å². The first-order valence-corrected chi connectivity index (χ1v) is 8.56. The number of nitriles is 1. The molecule has 0 aliphatic heterocycles. The van der Waals surface area contributed by atoms with Crippen molar-refractivity contribution in [3.63, 3.8) is 0 Å². The zero-order chi connectivity index (χ0) is 19.3. The first-order chi connectivity index (χ1) is 12.4. The molecule has 0 saturated carbocycles. The number of halogens is 2. The fourth-order valence-electron chi connectivity index (χ4n) is 2.28. The minimum Gasteiger partial charge on any atom is -0.462 e. The molecule has 10 heteroatoms. The Labute approximate surface area is 152 Å². The number of alkyl halides is 2. The number of carbonyl (C=O) groups is 1. The molecule has 0 amide bonds. The molecule has 0 aromatic carbocycles. The van der Waals surface area contributed by atoms with E-state index in [1.807, 2.05) is 0 Å². The Morgan fingerprint density at radius 1 is 1.54 bits per heavy atom. The summed E-state index contributed by atoms with van der Waals surface area (Å²) < 4.78 is 32.9. The standard InChI is InChI=1S/C16H17F2N5O2S/c1-4-25-16(24)10(7-19)12(21-9(2)15-20-5-6-26-15)11-8-23(3)22-13(11)14(17)18/h5-6,8-9,14,21H,4H2,1-3H3. The maximum atomic E-state index is 13.4. The monoisotopic (exact) mass is 381 g/mol. The van der Waals surface area contributed by atoms with Crippen molar-refractivity contribution in [1.29, 1.82) is 5.26 Å². The molecule has 2 aromatic heterocycles. The molecular weight excluding hydrogens is 364 g/mol. The predicted octanol–water partition coefficient (Wildman–Crippen LogP) is 2.96. The van der Waals surface area contributed by atoms with E-state index in [9.17, 15) is 18.8 Å². The minimum absolute atomic E-state index is 0.0319. The van der Waals surface area contributed by atoms with Gasteiger partial charge >= 0.3 is 5.97 Å². The highest BCUT2D eigenvalue weighted by Gasteiger charge is 2.27. The molecule has 2 rings (SSSR count). The van der Waals surface area contributed by atoms with Crippen LogP contribution >= 0.6 is 11.3 Å². The molecular formula is C16H17F2N5O2S. The molecule has 0 saturated heterocycles. The van der Waals surface area contributed by atoms with E-state index < -0.39 is 29.7 Å².